The Balaban J connectivity index is 2.16. The zero-order valence-electron chi connectivity index (χ0n) is 11.4. The van der Waals surface area contributed by atoms with Crippen molar-refractivity contribution in [1.29, 1.82) is 0 Å². The number of hydrogen-bond donors (Lipinski definition) is 2. The Morgan fingerprint density at radius 3 is 2.84 bits per heavy atom. The van der Waals surface area contributed by atoms with E-state index in [-0.39, 0.29) is 22.2 Å². The lowest BCUT2D eigenvalue weighted by molar-refractivity contribution is 0.212. The smallest absolute Gasteiger partial charge is 0.260 e. The van der Waals surface area contributed by atoms with Crippen molar-refractivity contribution in [3.8, 4) is 0 Å². The summed E-state index contributed by atoms with van der Waals surface area (Å²) in [7, 11) is -3.63. The normalized spacial score (nSPS) is 23.2. The summed E-state index contributed by atoms with van der Waals surface area (Å²) in [6.07, 6.45) is 5.33. The number of nitrogens with zero attached hydrogens (tertiary/aromatic N) is 1. The molecule has 106 valence electrons. The molecule has 1 heterocycles. The van der Waals surface area contributed by atoms with Crippen molar-refractivity contribution in [1.82, 2.24) is 9.71 Å². The molecular formula is C13H21N3O2S. The van der Waals surface area contributed by atoms with Crippen LogP contribution in [-0.2, 0) is 10.0 Å². The van der Waals surface area contributed by atoms with Gasteiger partial charge in [0.1, 0.15) is 0 Å². The zero-order valence-corrected chi connectivity index (χ0v) is 12.2. The molecule has 0 spiro atoms. The van der Waals surface area contributed by atoms with E-state index >= 15 is 0 Å². The van der Waals surface area contributed by atoms with Gasteiger partial charge < -0.3 is 5.73 Å². The van der Waals surface area contributed by atoms with Crippen molar-refractivity contribution >= 4 is 15.7 Å². The average Bonchev–Trinajstić information content (AvgIpc) is 2.27. The molecule has 1 saturated carbocycles. The maximum Gasteiger partial charge on any atom is 0.260 e. The van der Waals surface area contributed by atoms with Crippen LogP contribution >= 0.6 is 0 Å². The molecule has 19 heavy (non-hydrogen) atoms. The average molecular weight is 283 g/mol. The fraction of sp³-hybridized carbons (Fsp3) is 0.615. The first-order valence-electron chi connectivity index (χ1n) is 6.53. The summed E-state index contributed by atoms with van der Waals surface area (Å²) < 4.78 is 27.3. The summed E-state index contributed by atoms with van der Waals surface area (Å²) in [5, 5.41) is -0.0709. The zero-order chi connectivity index (χ0) is 14.1. The molecule has 0 aliphatic heterocycles. The van der Waals surface area contributed by atoms with Crippen LogP contribution in [-0.4, -0.2) is 19.4 Å². The predicted octanol–water partition coefficient (Wildman–Crippen LogP) is 1.91. The van der Waals surface area contributed by atoms with Crippen LogP contribution in [0.5, 0.6) is 0 Å². The lowest BCUT2D eigenvalue weighted by atomic mass is 9.75. The van der Waals surface area contributed by atoms with Gasteiger partial charge in [0.05, 0.1) is 5.69 Å². The Kier molecular flexibility index (Phi) is 3.82. The second-order valence-corrected chi connectivity index (χ2v) is 7.61. The van der Waals surface area contributed by atoms with Crippen LogP contribution in [0.3, 0.4) is 0 Å². The number of aromatic nitrogens is 1. The summed E-state index contributed by atoms with van der Waals surface area (Å²) in [6.45, 7) is 4.34. The molecule has 1 fully saturated rings. The fourth-order valence-electron chi connectivity index (χ4n) is 2.70. The highest BCUT2D eigenvalue weighted by Gasteiger charge is 2.31. The van der Waals surface area contributed by atoms with Crippen molar-refractivity contribution in [2.75, 3.05) is 5.73 Å². The van der Waals surface area contributed by atoms with Gasteiger partial charge in [0, 0.05) is 12.2 Å². The van der Waals surface area contributed by atoms with Crippen molar-refractivity contribution in [3.63, 3.8) is 0 Å². The highest BCUT2D eigenvalue weighted by molar-refractivity contribution is 7.89. The maximum absolute atomic E-state index is 12.3. The Morgan fingerprint density at radius 2 is 2.21 bits per heavy atom. The second kappa shape index (κ2) is 5.09. The minimum absolute atomic E-state index is 0.0323. The molecule has 1 aliphatic carbocycles. The lowest BCUT2D eigenvalue weighted by Crippen LogP contribution is -2.41. The first-order chi connectivity index (χ1) is 8.80. The van der Waals surface area contributed by atoms with E-state index in [0.29, 0.717) is 0 Å². The first kappa shape index (κ1) is 14.3. The molecule has 1 unspecified atom stereocenters. The van der Waals surface area contributed by atoms with E-state index in [1.54, 1.807) is 12.1 Å². The molecule has 1 aromatic rings. The van der Waals surface area contributed by atoms with Gasteiger partial charge in [0.25, 0.3) is 10.0 Å². The Bertz CT molecular complexity index is 555. The molecule has 0 radical (unpaired) electrons. The SMILES string of the molecule is CC1(C)CCCC(NS(=O)(=O)c2ncccc2N)C1. The van der Waals surface area contributed by atoms with E-state index < -0.39 is 10.0 Å². The van der Waals surface area contributed by atoms with Crippen LogP contribution in [0.4, 0.5) is 5.69 Å². The van der Waals surface area contributed by atoms with E-state index in [2.05, 4.69) is 23.6 Å². The summed E-state index contributed by atoms with van der Waals surface area (Å²) in [4.78, 5) is 3.88. The van der Waals surface area contributed by atoms with Crippen LogP contribution < -0.4 is 10.5 Å². The third-order valence-corrected chi connectivity index (χ3v) is 5.08. The van der Waals surface area contributed by atoms with Crippen molar-refractivity contribution in [2.45, 2.75) is 50.6 Å². The quantitative estimate of drug-likeness (QED) is 0.887. The summed E-state index contributed by atoms with van der Waals surface area (Å²) in [5.41, 5.74) is 6.05. The van der Waals surface area contributed by atoms with Crippen molar-refractivity contribution in [3.05, 3.63) is 18.3 Å². The van der Waals surface area contributed by atoms with E-state index in [0.717, 1.165) is 25.7 Å². The molecule has 5 nitrogen and oxygen atoms in total. The Hall–Kier alpha value is -1.14. The largest absolute Gasteiger partial charge is 0.396 e. The summed E-state index contributed by atoms with van der Waals surface area (Å²) >= 11 is 0. The number of anilines is 1. The molecule has 0 bridgehead atoms. The Morgan fingerprint density at radius 1 is 1.47 bits per heavy atom. The van der Waals surface area contributed by atoms with Gasteiger partial charge in [-0.1, -0.05) is 20.3 Å². The highest BCUT2D eigenvalue weighted by atomic mass is 32.2. The van der Waals surface area contributed by atoms with Crippen molar-refractivity contribution in [2.24, 2.45) is 5.41 Å². The van der Waals surface area contributed by atoms with Gasteiger partial charge in [-0.25, -0.2) is 18.1 Å². The van der Waals surface area contributed by atoms with E-state index in [4.69, 9.17) is 5.73 Å². The van der Waals surface area contributed by atoms with Gasteiger partial charge in [-0.05, 0) is 36.8 Å². The number of pyridine rings is 1. The van der Waals surface area contributed by atoms with Crippen molar-refractivity contribution < 1.29 is 8.42 Å². The molecule has 1 aliphatic rings. The molecule has 0 aromatic carbocycles. The monoisotopic (exact) mass is 283 g/mol. The molecule has 0 amide bonds. The highest BCUT2D eigenvalue weighted by Crippen LogP contribution is 2.35. The number of nitrogen functional groups attached to an aromatic ring is 1. The third-order valence-electron chi connectivity index (χ3n) is 3.58. The van der Waals surface area contributed by atoms with Crippen LogP contribution in [0, 0.1) is 5.41 Å². The van der Waals surface area contributed by atoms with Gasteiger partial charge in [0.15, 0.2) is 5.03 Å². The number of sulfonamides is 1. The molecule has 2 rings (SSSR count). The van der Waals surface area contributed by atoms with Crippen LogP contribution in [0.2, 0.25) is 0 Å². The Labute approximate surface area is 114 Å². The van der Waals surface area contributed by atoms with Crippen LogP contribution in [0.1, 0.15) is 39.5 Å². The summed E-state index contributed by atoms with van der Waals surface area (Å²) in [5.74, 6) is 0. The fourth-order valence-corrected chi connectivity index (χ4v) is 4.03. The minimum Gasteiger partial charge on any atom is -0.396 e. The molecular weight excluding hydrogens is 262 g/mol. The number of nitrogens with one attached hydrogen (secondary N) is 1. The van der Waals surface area contributed by atoms with Gasteiger partial charge in [0.2, 0.25) is 0 Å². The lowest BCUT2D eigenvalue weighted by Gasteiger charge is -2.35. The molecule has 6 heteroatoms. The molecule has 0 saturated heterocycles. The van der Waals surface area contributed by atoms with E-state index in [9.17, 15) is 8.42 Å². The van der Waals surface area contributed by atoms with Crippen LogP contribution in [0.15, 0.2) is 23.4 Å². The second-order valence-electron chi connectivity index (χ2n) is 5.98. The van der Waals surface area contributed by atoms with Gasteiger partial charge in [-0.3, -0.25) is 0 Å². The minimum atomic E-state index is -3.63. The number of rotatable bonds is 3. The van der Waals surface area contributed by atoms with Gasteiger partial charge >= 0.3 is 0 Å². The molecule has 1 aromatic heterocycles. The summed E-state index contributed by atoms with van der Waals surface area (Å²) in [6, 6.07) is 3.14. The topological polar surface area (TPSA) is 85.1 Å². The van der Waals surface area contributed by atoms with Crippen LogP contribution in [0.25, 0.3) is 0 Å². The number of nitrogens with two attached hydrogens (primary N) is 1. The predicted molar refractivity (Wildman–Crippen MR) is 75.0 cm³/mol. The third kappa shape index (κ3) is 3.45. The number of hydrogen-bond acceptors (Lipinski definition) is 4. The maximum atomic E-state index is 12.3. The first-order valence-corrected chi connectivity index (χ1v) is 8.01. The molecule has 1 atom stereocenters. The standard InChI is InChI=1S/C13H21N3O2S/c1-13(2)7-3-5-10(9-13)16-19(17,18)12-11(14)6-4-8-15-12/h4,6,8,10,16H,3,5,7,9,14H2,1-2H3. The van der Waals surface area contributed by atoms with E-state index in [1.807, 2.05) is 0 Å². The van der Waals surface area contributed by atoms with Gasteiger partial charge in [-0.15, -0.1) is 0 Å². The van der Waals surface area contributed by atoms with E-state index in [1.165, 1.54) is 6.20 Å². The van der Waals surface area contributed by atoms with Gasteiger partial charge in [-0.2, -0.15) is 0 Å². The molecule has 3 N–H and O–H groups in total.